The third kappa shape index (κ3) is 4.68. The Bertz CT molecular complexity index is 503. The van der Waals surface area contributed by atoms with E-state index in [0.717, 1.165) is 0 Å². The molecular weight excluding hydrogens is 289 g/mol. The number of hydrogen-bond acceptors (Lipinski definition) is 4. The Hall–Kier alpha value is -1.66. The van der Waals surface area contributed by atoms with Gasteiger partial charge in [-0.15, -0.1) is 0 Å². The molecule has 1 aromatic rings. The fourth-order valence-corrected chi connectivity index (χ4v) is 2.53. The zero-order valence-electron chi connectivity index (χ0n) is 13.2. The van der Waals surface area contributed by atoms with Gasteiger partial charge in [-0.2, -0.15) is 0 Å². The molecule has 0 aromatic heterocycles. The molecule has 1 heterocycles. The van der Waals surface area contributed by atoms with Crippen LogP contribution in [0.5, 0.6) is 5.75 Å². The molecule has 1 atom stereocenters. The number of morpholine rings is 1. The van der Waals surface area contributed by atoms with Crippen LogP contribution in [0, 0.1) is 5.82 Å². The second kappa shape index (κ2) is 7.07. The van der Waals surface area contributed by atoms with Crippen LogP contribution >= 0.6 is 0 Å². The monoisotopic (exact) mass is 311 g/mol. The molecular formula is C16H22FNO4. The minimum absolute atomic E-state index is 0.0819. The van der Waals surface area contributed by atoms with Gasteiger partial charge in [-0.3, -0.25) is 4.79 Å². The number of carbonyl (C=O) groups is 1. The average Bonchev–Trinajstić information content (AvgIpc) is 2.45. The molecule has 22 heavy (non-hydrogen) atoms. The quantitative estimate of drug-likeness (QED) is 0.833. The lowest BCUT2D eigenvalue weighted by Crippen LogP contribution is -2.56. The molecule has 6 heteroatoms. The molecule has 1 saturated heterocycles. The van der Waals surface area contributed by atoms with E-state index in [0.29, 0.717) is 25.4 Å². The first-order valence-corrected chi connectivity index (χ1v) is 7.22. The molecule has 1 amide bonds. The Morgan fingerprint density at radius 1 is 1.41 bits per heavy atom. The molecule has 0 aliphatic carbocycles. The van der Waals surface area contributed by atoms with E-state index in [2.05, 4.69) is 0 Å². The third-order valence-corrected chi connectivity index (χ3v) is 3.36. The number of rotatable bonds is 5. The van der Waals surface area contributed by atoms with Crippen molar-refractivity contribution in [3.8, 4) is 5.75 Å². The van der Waals surface area contributed by atoms with Gasteiger partial charge in [-0.05, 0) is 38.1 Å². The van der Waals surface area contributed by atoms with Crippen molar-refractivity contribution >= 4 is 5.91 Å². The fourth-order valence-electron chi connectivity index (χ4n) is 2.53. The summed E-state index contributed by atoms with van der Waals surface area (Å²) in [5, 5.41) is 0. The van der Waals surface area contributed by atoms with Crippen LogP contribution in [0.3, 0.4) is 0 Å². The Morgan fingerprint density at radius 3 is 2.73 bits per heavy atom. The smallest absolute Gasteiger partial charge is 0.260 e. The summed E-state index contributed by atoms with van der Waals surface area (Å²) in [4.78, 5) is 14.0. The van der Waals surface area contributed by atoms with Crippen LogP contribution in [0.25, 0.3) is 0 Å². The number of methoxy groups -OCH3 is 1. The number of ether oxygens (including phenoxy) is 3. The van der Waals surface area contributed by atoms with Crippen LogP contribution in [0.4, 0.5) is 4.39 Å². The van der Waals surface area contributed by atoms with E-state index in [1.807, 2.05) is 13.8 Å². The Morgan fingerprint density at radius 2 is 2.09 bits per heavy atom. The zero-order chi connectivity index (χ0) is 16.2. The van der Waals surface area contributed by atoms with Gasteiger partial charge in [0.1, 0.15) is 11.6 Å². The largest absolute Gasteiger partial charge is 0.484 e. The van der Waals surface area contributed by atoms with Crippen molar-refractivity contribution in [3.05, 3.63) is 30.1 Å². The number of halogens is 1. The van der Waals surface area contributed by atoms with Crippen molar-refractivity contribution in [1.29, 1.82) is 0 Å². The molecule has 0 saturated carbocycles. The van der Waals surface area contributed by atoms with Crippen LogP contribution in [0.15, 0.2) is 24.3 Å². The second-order valence-electron chi connectivity index (χ2n) is 5.97. The van der Waals surface area contributed by atoms with Crippen molar-refractivity contribution in [2.24, 2.45) is 0 Å². The molecule has 1 aliphatic heterocycles. The minimum atomic E-state index is -0.424. The lowest BCUT2D eigenvalue weighted by Gasteiger charge is -2.42. The van der Waals surface area contributed by atoms with Crippen molar-refractivity contribution < 1.29 is 23.4 Å². The van der Waals surface area contributed by atoms with E-state index in [9.17, 15) is 9.18 Å². The molecule has 0 unspecified atom stereocenters. The number of carbonyl (C=O) groups excluding carboxylic acids is 1. The molecule has 1 aromatic carbocycles. The van der Waals surface area contributed by atoms with Gasteiger partial charge < -0.3 is 19.1 Å². The van der Waals surface area contributed by atoms with Gasteiger partial charge in [0.25, 0.3) is 5.91 Å². The number of nitrogens with zero attached hydrogens (tertiary/aromatic N) is 1. The van der Waals surface area contributed by atoms with Gasteiger partial charge in [0.15, 0.2) is 6.61 Å². The number of benzene rings is 1. The van der Waals surface area contributed by atoms with E-state index in [4.69, 9.17) is 14.2 Å². The minimum Gasteiger partial charge on any atom is -0.484 e. The first-order valence-electron chi connectivity index (χ1n) is 7.22. The first kappa shape index (κ1) is 16.7. The van der Waals surface area contributed by atoms with Crippen LogP contribution in [0.2, 0.25) is 0 Å². The Labute approximate surface area is 130 Å². The standard InChI is InChI=1S/C16H22FNO4/c1-16(2)11-18(8-14(22-16)9-20-3)15(19)10-21-13-6-4-12(17)5-7-13/h4-7,14H,8-11H2,1-3H3/t14-/m1/s1. The summed E-state index contributed by atoms with van der Waals surface area (Å²) in [6.45, 7) is 5.21. The van der Waals surface area contributed by atoms with Gasteiger partial charge in [-0.1, -0.05) is 0 Å². The van der Waals surface area contributed by atoms with Crippen molar-refractivity contribution in [1.82, 2.24) is 4.90 Å². The van der Waals surface area contributed by atoms with Crippen LogP contribution in [-0.4, -0.2) is 55.9 Å². The molecule has 0 spiro atoms. The summed E-state index contributed by atoms with van der Waals surface area (Å²) in [6, 6.07) is 5.59. The summed E-state index contributed by atoms with van der Waals surface area (Å²) < 4.78 is 29.2. The molecule has 1 aliphatic rings. The van der Waals surface area contributed by atoms with Crippen molar-refractivity contribution in [2.45, 2.75) is 25.6 Å². The molecule has 122 valence electrons. The highest BCUT2D eigenvalue weighted by Gasteiger charge is 2.35. The fraction of sp³-hybridized carbons (Fsp3) is 0.562. The third-order valence-electron chi connectivity index (χ3n) is 3.36. The summed E-state index contributed by atoms with van der Waals surface area (Å²) in [5.74, 6) is 0.00790. The first-order chi connectivity index (χ1) is 10.4. The predicted octanol–water partition coefficient (Wildman–Crippen LogP) is 1.86. The second-order valence-corrected chi connectivity index (χ2v) is 5.97. The summed E-state index contributed by atoms with van der Waals surface area (Å²) >= 11 is 0. The predicted molar refractivity (Wildman–Crippen MR) is 79.3 cm³/mol. The molecule has 1 fully saturated rings. The molecule has 0 N–H and O–H groups in total. The van der Waals surface area contributed by atoms with E-state index in [-0.39, 0.29) is 24.4 Å². The number of amides is 1. The highest BCUT2D eigenvalue weighted by atomic mass is 19.1. The maximum absolute atomic E-state index is 12.8. The van der Waals surface area contributed by atoms with Crippen molar-refractivity contribution in [3.63, 3.8) is 0 Å². The summed E-state index contributed by atoms with van der Waals surface area (Å²) in [7, 11) is 1.61. The number of hydrogen-bond donors (Lipinski definition) is 0. The molecule has 0 radical (unpaired) electrons. The van der Waals surface area contributed by atoms with Gasteiger partial charge in [0, 0.05) is 20.2 Å². The van der Waals surface area contributed by atoms with Crippen LogP contribution in [0.1, 0.15) is 13.8 Å². The van der Waals surface area contributed by atoms with Crippen LogP contribution in [-0.2, 0) is 14.3 Å². The lowest BCUT2D eigenvalue weighted by atomic mass is 10.1. The Balaban J connectivity index is 1.91. The topological polar surface area (TPSA) is 48.0 Å². The van der Waals surface area contributed by atoms with E-state index in [1.165, 1.54) is 24.3 Å². The maximum atomic E-state index is 12.8. The van der Waals surface area contributed by atoms with Gasteiger partial charge >= 0.3 is 0 Å². The summed E-state index contributed by atoms with van der Waals surface area (Å²) in [5.41, 5.74) is -0.424. The van der Waals surface area contributed by atoms with Gasteiger partial charge in [-0.25, -0.2) is 4.39 Å². The lowest BCUT2D eigenvalue weighted by molar-refractivity contribution is -0.170. The molecule has 5 nitrogen and oxygen atoms in total. The van der Waals surface area contributed by atoms with Gasteiger partial charge in [0.2, 0.25) is 0 Å². The van der Waals surface area contributed by atoms with Crippen LogP contribution < -0.4 is 4.74 Å². The molecule has 2 rings (SSSR count). The van der Waals surface area contributed by atoms with E-state index < -0.39 is 5.60 Å². The van der Waals surface area contributed by atoms with Gasteiger partial charge in [0.05, 0.1) is 18.3 Å². The SMILES string of the molecule is COC[C@H]1CN(C(=O)COc2ccc(F)cc2)CC(C)(C)O1. The summed E-state index contributed by atoms with van der Waals surface area (Å²) in [6.07, 6.45) is -0.150. The Kier molecular flexibility index (Phi) is 5.37. The molecule has 0 bridgehead atoms. The highest BCUT2D eigenvalue weighted by molar-refractivity contribution is 5.78. The zero-order valence-corrected chi connectivity index (χ0v) is 13.2. The van der Waals surface area contributed by atoms with Crippen molar-refractivity contribution in [2.75, 3.05) is 33.4 Å². The highest BCUT2D eigenvalue weighted by Crippen LogP contribution is 2.21. The average molecular weight is 311 g/mol. The normalized spacial score (nSPS) is 20.7. The maximum Gasteiger partial charge on any atom is 0.260 e. The van der Waals surface area contributed by atoms with E-state index in [1.54, 1.807) is 12.0 Å². The van der Waals surface area contributed by atoms with E-state index >= 15 is 0 Å².